The quantitative estimate of drug-likeness (QED) is 0.369. The molecule has 0 saturated heterocycles. The lowest BCUT2D eigenvalue weighted by Crippen LogP contribution is -2.28. The van der Waals surface area contributed by atoms with Crippen LogP contribution < -0.4 is 5.73 Å². The maximum atomic E-state index is 8.93. The van der Waals surface area contributed by atoms with Crippen LogP contribution in [0.2, 0.25) is 0 Å². The molecule has 4 heteroatoms. The van der Waals surface area contributed by atoms with Gasteiger partial charge in [-0.3, -0.25) is 5.73 Å². The summed E-state index contributed by atoms with van der Waals surface area (Å²) in [4.78, 5) is 0. The number of halogens is 1. The first kappa shape index (κ1) is 7.02. The Bertz CT molecular complexity index is 179. The molecule has 50 valence electrons. The molecular weight excluding hydrogens is 158 g/mol. The molecule has 0 bridgehead atoms. The summed E-state index contributed by atoms with van der Waals surface area (Å²) >= 11 is 6.78. The van der Waals surface area contributed by atoms with E-state index in [1.165, 1.54) is 11.3 Å². The molecule has 1 aromatic rings. The van der Waals surface area contributed by atoms with Crippen LogP contribution in [-0.2, 0) is 5.18 Å². The number of aliphatic hydroxyl groups is 1. The van der Waals surface area contributed by atoms with Crippen molar-refractivity contribution < 1.29 is 5.11 Å². The predicted molar refractivity (Wildman–Crippen MR) is 38.3 cm³/mol. The lowest BCUT2D eigenvalue weighted by Gasteiger charge is -2.10. The Morgan fingerprint density at radius 3 is 2.67 bits per heavy atom. The van der Waals surface area contributed by atoms with Crippen molar-refractivity contribution in [3.8, 4) is 0 Å². The maximum absolute atomic E-state index is 8.93. The number of alkyl halides is 1. The third kappa shape index (κ3) is 1.66. The van der Waals surface area contributed by atoms with Crippen molar-refractivity contribution >= 4 is 22.9 Å². The van der Waals surface area contributed by atoms with Gasteiger partial charge in [0.05, 0.1) is 0 Å². The van der Waals surface area contributed by atoms with Gasteiger partial charge < -0.3 is 5.11 Å². The SMILES string of the molecule is NC(O)(Cl)c1ccsc1. The number of rotatable bonds is 1. The summed E-state index contributed by atoms with van der Waals surface area (Å²) in [5.74, 6) is 0. The Morgan fingerprint density at radius 1 is 1.78 bits per heavy atom. The van der Waals surface area contributed by atoms with Crippen LogP contribution >= 0.6 is 22.9 Å². The maximum Gasteiger partial charge on any atom is 0.219 e. The fourth-order valence-electron chi connectivity index (χ4n) is 0.464. The van der Waals surface area contributed by atoms with Crippen molar-refractivity contribution in [3.05, 3.63) is 22.4 Å². The third-order valence-corrected chi connectivity index (χ3v) is 1.83. The molecule has 1 aromatic heterocycles. The summed E-state index contributed by atoms with van der Waals surface area (Å²) < 4.78 is 0. The van der Waals surface area contributed by atoms with Crippen LogP contribution in [0.3, 0.4) is 0 Å². The van der Waals surface area contributed by atoms with E-state index in [0.717, 1.165) is 0 Å². The summed E-state index contributed by atoms with van der Waals surface area (Å²) in [6.07, 6.45) is 0. The summed E-state index contributed by atoms with van der Waals surface area (Å²) in [5, 5.41) is 10.7. The molecule has 1 atom stereocenters. The predicted octanol–water partition coefficient (Wildman–Crippen LogP) is 1.05. The van der Waals surface area contributed by atoms with Crippen molar-refractivity contribution in [2.24, 2.45) is 5.73 Å². The average molecular weight is 164 g/mol. The zero-order valence-electron chi connectivity index (χ0n) is 4.54. The molecular formula is C5H6ClNOS. The molecule has 3 N–H and O–H groups in total. The molecule has 1 heterocycles. The third-order valence-electron chi connectivity index (χ3n) is 0.926. The Morgan fingerprint density at radius 2 is 2.44 bits per heavy atom. The van der Waals surface area contributed by atoms with Gasteiger partial charge in [0, 0.05) is 5.56 Å². The number of thiophene rings is 1. The molecule has 0 aromatic carbocycles. The molecule has 1 rings (SSSR count). The number of nitrogens with two attached hydrogens (primary N) is 1. The van der Waals surface area contributed by atoms with E-state index in [1.54, 1.807) is 16.8 Å². The van der Waals surface area contributed by atoms with Crippen LogP contribution in [0.25, 0.3) is 0 Å². The van der Waals surface area contributed by atoms with Crippen LogP contribution in [0.15, 0.2) is 16.8 Å². The monoisotopic (exact) mass is 163 g/mol. The Hall–Kier alpha value is -0.0900. The average Bonchev–Trinajstić information content (AvgIpc) is 2.08. The Labute approximate surface area is 61.9 Å². The van der Waals surface area contributed by atoms with E-state index in [1.807, 2.05) is 0 Å². The van der Waals surface area contributed by atoms with Crippen LogP contribution in [0.5, 0.6) is 0 Å². The summed E-state index contributed by atoms with van der Waals surface area (Å²) in [5.41, 5.74) is 5.67. The fraction of sp³-hybridized carbons (Fsp3) is 0.200. The molecule has 0 amide bonds. The van der Waals surface area contributed by atoms with Gasteiger partial charge in [0.15, 0.2) is 0 Å². The molecule has 0 spiro atoms. The van der Waals surface area contributed by atoms with E-state index in [0.29, 0.717) is 5.56 Å². The van der Waals surface area contributed by atoms with Gasteiger partial charge in [0.2, 0.25) is 5.18 Å². The molecule has 0 aliphatic rings. The lowest BCUT2D eigenvalue weighted by molar-refractivity contribution is 0.137. The number of hydrogen-bond acceptors (Lipinski definition) is 3. The van der Waals surface area contributed by atoms with Crippen LogP contribution in [0.4, 0.5) is 0 Å². The summed E-state index contributed by atoms with van der Waals surface area (Å²) in [6, 6.07) is 1.68. The largest absolute Gasteiger partial charge is 0.359 e. The van der Waals surface area contributed by atoms with E-state index in [-0.39, 0.29) is 0 Å². The summed E-state index contributed by atoms with van der Waals surface area (Å²) in [7, 11) is 0. The van der Waals surface area contributed by atoms with E-state index in [4.69, 9.17) is 22.4 Å². The topological polar surface area (TPSA) is 46.2 Å². The van der Waals surface area contributed by atoms with Gasteiger partial charge in [-0.05, 0) is 16.8 Å². The summed E-state index contributed by atoms with van der Waals surface area (Å²) in [6.45, 7) is 0. The molecule has 1 unspecified atom stereocenters. The first-order valence-corrected chi connectivity index (χ1v) is 3.65. The Balaban J connectivity index is 2.90. The van der Waals surface area contributed by atoms with Crippen molar-refractivity contribution in [3.63, 3.8) is 0 Å². The van der Waals surface area contributed by atoms with Crippen molar-refractivity contribution in [2.45, 2.75) is 5.18 Å². The first-order valence-electron chi connectivity index (χ1n) is 2.33. The Kier molecular flexibility index (Phi) is 1.77. The first-order chi connectivity index (χ1) is 4.11. The highest BCUT2D eigenvalue weighted by molar-refractivity contribution is 7.08. The van der Waals surface area contributed by atoms with Gasteiger partial charge in [-0.15, -0.1) is 0 Å². The van der Waals surface area contributed by atoms with Crippen LogP contribution in [0, 0.1) is 0 Å². The van der Waals surface area contributed by atoms with Gasteiger partial charge in [0.1, 0.15) is 0 Å². The zero-order chi connectivity index (χ0) is 6.91. The molecule has 0 fully saturated rings. The smallest absolute Gasteiger partial charge is 0.219 e. The molecule has 0 aliphatic heterocycles. The molecule has 0 aliphatic carbocycles. The minimum absolute atomic E-state index is 0.536. The molecule has 0 saturated carbocycles. The molecule has 9 heavy (non-hydrogen) atoms. The van der Waals surface area contributed by atoms with Gasteiger partial charge >= 0.3 is 0 Å². The highest BCUT2D eigenvalue weighted by Crippen LogP contribution is 2.21. The zero-order valence-corrected chi connectivity index (χ0v) is 6.12. The van der Waals surface area contributed by atoms with Crippen molar-refractivity contribution in [1.29, 1.82) is 0 Å². The molecule has 0 radical (unpaired) electrons. The minimum Gasteiger partial charge on any atom is -0.359 e. The lowest BCUT2D eigenvalue weighted by atomic mass is 10.3. The fourth-order valence-corrected chi connectivity index (χ4v) is 1.35. The van der Waals surface area contributed by atoms with Crippen LogP contribution in [0.1, 0.15) is 5.56 Å². The van der Waals surface area contributed by atoms with Crippen LogP contribution in [-0.4, -0.2) is 5.11 Å². The van der Waals surface area contributed by atoms with E-state index >= 15 is 0 Å². The second-order valence-electron chi connectivity index (χ2n) is 1.69. The van der Waals surface area contributed by atoms with Gasteiger partial charge in [-0.2, -0.15) is 11.3 Å². The van der Waals surface area contributed by atoms with Gasteiger partial charge in [-0.25, -0.2) is 0 Å². The van der Waals surface area contributed by atoms with Crippen molar-refractivity contribution in [1.82, 2.24) is 0 Å². The second kappa shape index (κ2) is 2.27. The highest BCUT2D eigenvalue weighted by atomic mass is 35.5. The molecule has 2 nitrogen and oxygen atoms in total. The second-order valence-corrected chi connectivity index (χ2v) is 3.04. The van der Waals surface area contributed by atoms with Crippen molar-refractivity contribution in [2.75, 3.05) is 0 Å². The van der Waals surface area contributed by atoms with E-state index in [2.05, 4.69) is 0 Å². The van der Waals surface area contributed by atoms with Gasteiger partial charge in [-0.1, -0.05) is 11.6 Å². The normalized spacial score (nSPS) is 17.2. The highest BCUT2D eigenvalue weighted by Gasteiger charge is 2.19. The number of hydrogen-bond donors (Lipinski definition) is 2. The van der Waals surface area contributed by atoms with Gasteiger partial charge in [0.25, 0.3) is 0 Å². The standard InChI is InChI=1S/C5H6ClNOS/c6-5(7,8)4-1-2-9-3-4/h1-3,8H,7H2. The van der Waals surface area contributed by atoms with E-state index < -0.39 is 5.18 Å². The minimum atomic E-state index is -1.69. The van der Waals surface area contributed by atoms with E-state index in [9.17, 15) is 0 Å².